The van der Waals surface area contributed by atoms with E-state index in [4.69, 9.17) is 16.3 Å². The van der Waals surface area contributed by atoms with E-state index in [1.54, 1.807) is 0 Å². The number of hydrogen-bond donors (Lipinski definition) is 1. The lowest BCUT2D eigenvalue weighted by Gasteiger charge is -2.06. The summed E-state index contributed by atoms with van der Waals surface area (Å²) in [5.41, 5.74) is 2.25. The number of hydrogen-bond acceptors (Lipinski definition) is 3. The molecule has 0 saturated heterocycles. The van der Waals surface area contributed by atoms with Gasteiger partial charge < -0.3 is 10.1 Å². The molecule has 3 nitrogen and oxygen atoms in total. The number of pyridine rings is 1. The molecule has 2 rings (SSSR count). The van der Waals surface area contributed by atoms with Crippen LogP contribution in [0.15, 0.2) is 36.5 Å². The Morgan fingerprint density at radius 3 is 3.00 bits per heavy atom. The number of nitrogens with one attached hydrogen (secondary N) is 1. The summed E-state index contributed by atoms with van der Waals surface area (Å²) in [7, 11) is 0. The monoisotopic (exact) mass is 278 g/mol. The molecule has 0 aliphatic carbocycles. The number of fused-ring (bicyclic) bond motifs is 1. The summed E-state index contributed by atoms with van der Waals surface area (Å²) >= 11 is 5.52. The summed E-state index contributed by atoms with van der Waals surface area (Å²) in [4.78, 5) is 4.44. The van der Waals surface area contributed by atoms with Crippen molar-refractivity contribution in [1.82, 2.24) is 10.3 Å². The van der Waals surface area contributed by atoms with Crippen LogP contribution in [0.3, 0.4) is 0 Å². The predicted octanol–water partition coefficient (Wildman–Crippen LogP) is 2.97. The molecule has 1 N–H and O–H groups in total. The molecule has 2 aromatic rings. The van der Waals surface area contributed by atoms with E-state index in [1.807, 2.05) is 24.4 Å². The highest BCUT2D eigenvalue weighted by atomic mass is 35.5. The highest BCUT2D eigenvalue weighted by molar-refractivity contribution is 6.17. The number of alkyl halides is 1. The molecule has 0 saturated carbocycles. The molecule has 0 radical (unpaired) electrons. The molecule has 4 heteroatoms. The van der Waals surface area contributed by atoms with E-state index in [9.17, 15) is 0 Å². The molecule has 0 aliphatic rings. The van der Waals surface area contributed by atoms with E-state index in [0.717, 1.165) is 31.6 Å². The van der Waals surface area contributed by atoms with Crippen LogP contribution in [-0.4, -0.2) is 30.6 Å². The van der Waals surface area contributed by atoms with Crippen molar-refractivity contribution in [2.24, 2.45) is 0 Å². The third kappa shape index (κ3) is 4.78. The van der Waals surface area contributed by atoms with Crippen LogP contribution >= 0.6 is 11.6 Å². The van der Waals surface area contributed by atoms with E-state index >= 15 is 0 Å². The van der Waals surface area contributed by atoms with Crippen molar-refractivity contribution in [1.29, 1.82) is 0 Å². The molecule has 19 heavy (non-hydrogen) atoms. The molecule has 0 bridgehead atoms. The lowest BCUT2D eigenvalue weighted by molar-refractivity contribution is 0.146. The number of rotatable bonds is 8. The number of halogens is 1. The molecule has 1 aromatic carbocycles. The zero-order valence-corrected chi connectivity index (χ0v) is 11.7. The second-order valence-electron chi connectivity index (χ2n) is 4.37. The van der Waals surface area contributed by atoms with Crippen molar-refractivity contribution in [3.63, 3.8) is 0 Å². The second-order valence-corrected chi connectivity index (χ2v) is 4.75. The van der Waals surface area contributed by atoms with Gasteiger partial charge in [0.15, 0.2) is 0 Å². The maximum atomic E-state index is 5.52. The molecule has 0 fully saturated rings. The zero-order valence-electron chi connectivity index (χ0n) is 10.9. The Balaban J connectivity index is 1.72. The molecular weight excluding hydrogens is 260 g/mol. The standard InChI is InChI=1S/C15H19ClN2O/c16-6-9-19-8-3-7-17-11-13-10-14-4-1-2-5-15(14)18-12-13/h1-2,4-5,10,12,17H,3,6-9,11H2. The van der Waals surface area contributed by atoms with E-state index in [2.05, 4.69) is 22.4 Å². The summed E-state index contributed by atoms with van der Waals surface area (Å²) in [6.45, 7) is 3.17. The molecule has 1 heterocycles. The highest BCUT2D eigenvalue weighted by Gasteiger charge is 1.97. The van der Waals surface area contributed by atoms with Crippen LogP contribution < -0.4 is 5.32 Å². The van der Waals surface area contributed by atoms with Crippen LogP contribution in [0.2, 0.25) is 0 Å². The van der Waals surface area contributed by atoms with E-state index in [-0.39, 0.29) is 0 Å². The maximum Gasteiger partial charge on any atom is 0.0702 e. The largest absolute Gasteiger partial charge is 0.380 e. The predicted molar refractivity (Wildman–Crippen MR) is 79.6 cm³/mol. The summed E-state index contributed by atoms with van der Waals surface area (Å²) in [5, 5.41) is 4.58. The summed E-state index contributed by atoms with van der Waals surface area (Å²) < 4.78 is 5.31. The fourth-order valence-corrected chi connectivity index (χ4v) is 2.01. The quantitative estimate of drug-likeness (QED) is 0.595. The van der Waals surface area contributed by atoms with Crippen LogP contribution in [0.1, 0.15) is 12.0 Å². The summed E-state index contributed by atoms with van der Waals surface area (Å²) in [6, 6.07) is 10.3. The third-order valence-electron chi connectivity index (χ3n) is 2.84. The minimum Gasteiger partial charge on any atom is -0.380 e. The van der Waals surface area contributed by atoms with Crippen LogP contribution in [0.5, 0.6) is 0 Å². The molecule has 102 valence electrons. The van der Waals surface area contributed by atoms with Gasteiger partial charge in [0.25, 0.3) is 0 Å². The zero-order chi connectivity index (χ0) is 13.3. The van der Waals surface area contributed by atoms with Crippen molar-refractivity contribution >= 4 is 22.5 Å². The van der Waals surface area contributed by atoms with Gasteiger partial charge in [0.2, 0.25) is 0 Å². The highest BCUT2D eigenvalue weighted by Crippen LogP contribution is 2.12. The van der Waals surface area contributed by atoms with Gasteiger partial charge >= 0.3 is 0 Å². The smallest absolute Gasteiger partial charge is 0.0702 e. The fraction of sp³-hybridized carbons (Fsp3) is 0.400. The average Bonchev–Trinajstić information content (AvgIpc) is 2.46. The van der Waals surface area contributed by atoms with Gasteiger partial charge in [0.05, 0.1) is 12.1 Å². The van der Waals surface area contributed by atoms with Crippen LogP contribution in [-0.2, 0) is 11.3 Å². The molecule has 0 spiro atoms. The van der Waals surface area contributed by atoms with E-state index < -0.39 is 0 Å². The molecule has 0 atom stereocenters. The van der Waals surface area contributed by atoms with Gasteiger partial charge in [-0.25, -0.2) is 0 Å². The number of benzene rings is 1. The number of aromatic nitrogens is 1. The van der Waals surface area contributed by atoms with Gasteiger partial charge in [-0.15, -0.1) is 11.6 Å². The normalized spacial score (nSPS) is 11.0. The molecule has 1 aromatic heterocycles. The Kier molecular flexibility index (Phi) is 6.08. The van der Waals surface area contributed by atoms with Crippen LogP contribution in [0.4, 0.5) is 0 Å². The Bertz CT molecular complexity index is 504. The van der Waals surface area contributed by atoms with Crippen molar-refractivity contribution < 1.29 is 4.74 Å². The first kappa shape index (κ1) is 14.3. The Morgan fingerprint density at radius 1 is 1.21 bits per heavy atom. The van der Waals surface area contributed by atoms with E-state index in [0.29, 0.717) is 12.5 Å². The van der Waals surface area contributed by atoms with E-state index in [1.165, 1.54) is 10.9 Å². The lowest BCUT2D eigenvalue weighted by Crippen LogP contribution is -2.16. The lowest BCUT2D eigenvalue weighted by atomic mass is 10.1. The maximum absolute atomic E-state index is 5.52. The first-order chi connectivity index (χ1) is 9.40. The minimum absolute atomic E-state index is 0.566. The minimum atomic E-state index is 0.566. The Labute approximate surface area is 118 Å². The summed E-state index contributed by atoms with van der Waals surface area (Å²) in [5.74, 6) is 0.566. The third-order valence-corrected chi connectivity index (χ3v) is 2.99. The van der Waals surface area contributed by atoms with Crippen molar-refractivity contribution in [2.75, 3.05) is 25.6 Å². The number of ether oxygens (including phenoxy) is 1. The molecule has 0 unspecified atom stereocenters. The van der Waals surface area contributed by atoms with Crippen molar-refractivity contribution in [3.05, 3.63) is 42.1 Å². The Morgan fingerprint density at radius 2 is 2.11 bits per heavy atom. The van der Waals surface area contributed by atoms with Crippen molar-refractivity contribution in [3.8, 4) is 0 Å². The van der Waals surface area contributed by atoms with Gasteiger partial charge in [-0.3, -0.25) is 4.98 Å². The topological polar surface area (TPSA) is 34.1 Å². The fourth-order valence-electron chi connectivity index (χ4n) is 1.90. The van der Waals surface area contributed by atoms with Gasteiger partial charge in [-0.2, -0.15) is 0 Å². The number of para-hydroxylation sites is 1. The van der Waals surface area contributed by atoms with Gasteiger partial charge in [0.1, 0.15) is 0 Å². The van der Waals surface area contributed by atoms with Crippen LogP contribution in [0.25, 0.3) is 10.9 Å². The van der Waals surface area contributed by atoms with Gasteiger partial charge in [-0.1, -0.05) is 18.2 Å². The number of nitrogens with zero attached hydrogens (tertiary/aromatic N) is 1. The average molecular weight is 279 g/mol. The molecule has 0 aliphatic heterocycles. The first-order valence-corrected chi connectivity index (χ1v) is 7.11. The van der Waals surface area contributed by atoms with Gasteiger partial charge in [-0.05, 0) is 30.7 Å². The first-order valence-electron chi connectivity index (χ1n) is 6.58. The molecular formula is C15H19ClN2O. The van der Waals surface area contributed by atoms with Crippen molar-refractivity contribution in [2.45, 2.75) is 13.0 Å². The molecule has 0 amide bonds. The SMILES string of the molecule is ClCCOCCCNCc1cnc2ccccc2c1. The second kappa shape index (κ2) is 8.10. The summed E-state index contributed by atoms with van der Waals surface area (Å²) in [6.07, 6.45) is 2.93. The Hall–Kier alpha value is -1.16. The van der Waals surface area contributed by atoms with Gasteiger partial charge in [0, 0.05) is 30.6 Å². The van der Waals surface area contributed by atoms with Crippen LogP contribution in [0, 0.1) is 0 Å².